The van der Waals surface area contributed by atoms with Gasteiger partial charge < -0.3 is 5.32 Å². The van der Waals surface area contributed by atoms with Crippen LogP contribution in [0.4, 0.5) is 8.78 Å². The third kappa shape index (κ3) is 5.37. The van der Waals surface area contributed by atoms with Crippen LogP contribution in [0.25, 0.3) is 0 Å². The maximum atomic E-state index is 13.5. The highest BCUT2D eigenvalue weighted by molar-refractivity contribution is 5.85. The molecule has 0 radical (unpaired) electrons. The number of rotatable bonds is 4. The van der Waals surface area contributed by atoms with Gasteiger partial charge in [0.25, 0.3) is 0 Å². The highest BCUT2D eigenvalue weighted by atomic mass is 35.5. The Balaban J connectivity index is 0.00000200. The monoisotopic (exact) mass is 340 g/mol. The lowest BCUT2D eigenvalue weighted by atomic mass is 9.90. The molecule has 0 saturated carbocycles. The molecule has 1 N–H and O–H groups in total. The van der Waals surface area contributed by atoms with Gasteiger partial charge in [0.1, 0.15) is 11.6 Å². The number of hydrogen-bond donors (Lipinski definition) is 1. The first-order chi connectivity index (χ1) is 9.11. The van der Waals surface area contributed by atoms with Gasteiger partial charge in [-0.3, -0.25) is 4.90 Å². The summed E-state index contributed by atoms with van der Waals surface area (Å²) in [5.41, 5.74) is 0.758. The molecule has 1 aromatic carbocycles. The van der Waals surface area contributed by atoms with Crippen molar-refractivity contribution in [1.29, 1.82) is 0 Å². The summed E-state index contributed by atoms with van der Waals surface area (Å²) in [7, 11) is 0. The summed E-state index contributed by atoms with van der Waals surface area (Å²) in [6, 6.07) is 3.98. The van der Waals surface area contributed by atoms with Crippen LogP contribution in [-0.2, 0) is 0 Å². The summed E-state index contributed by atoms with van der Waals surface area (Å²) in [4.78, 5) is 2.33. The van der Waals surface area contributed by atoms with Crippen molar-refractivity contribution in [1.82, 2.24) is 10.2 Å². The van der Waals surface area contributed by atoms with E-state index in [9.17, 15) is 8.78 Å². The van der Waals surface area contributed by atoms with Gasteiger partial charge in [-0.05, 0) is 23.6 Å². The molecule has 1 aliphatic heterocycles. The van der Waals surface area contributed by atoms with Gasteiger partial charge in [-0.1, -0.05) is 20.3 Å². The largest absolute Gasteiger partial charge is 0.314 e. The quantitative estimate of drug-likeness (QED) is 0.896. The third-order valence-corrected chi connectivity index (χ3v) is 3.95. The summed E-state index contributed by atoms with van der Waals surface area (Å²) in [5.74, 6) is -0.601. The Hall–Kier alpha value is -0.420. The van der Waals surface area contributed by atoms with Crippen molar-refractivity contribution in [3.8, 4) is 0 Å². The SMILES string of the molecule is CCC(C)[C@@H](c1cc(F)cc(F)c1)N1CCNCC1.Cl.Cl. The first kappa shape index (κ1) is 20.6. The molecule has 1 heterocycles. The lowest BCUT2D eigenvalue weighted by Crippen LogP contribution is -2.46. The molecule has 6 heteroatoms. The number of nitrogens with zero attached hydrogens (tertiary/aromatic N) is 1. The fourth-order valence-corrected chi connectivity index (χ4v) is 2.83. The van der Waals surface area contributed by atoms with E-state index in [0.29, 0.717) is 5.92 Å². The summed E-state index contributed by atoms with van der Waals surface area (Å²) >= 11 is 0. The smallest absolute Gasteiger partial charge is 0.126 e. The molecule has 0 aromatic heterocycles. The Morgan fingerprint density at radius 3 is 2.10 bits per heavy atom. The molecule has 1 fully saturated rings. The number of benzene rings is 1. The van der Waals surface area contributed by atoms with Crippen LogP contribution in [-0.4, -0.2) is 31.1 Å². The molecule has 0 amide bonds. The minimum absolute atomic E-state index is 0. The van der Waals surface area contributed by atoms with Crippen LogP contribution in [0.3, 0.4) is 0 Å². The molecule has 1 unspecified atom stereocenters. The van der Waals surface area contributed by atoms with Crippen LogP contribution in [0, 0.1) is 17.6 Å². The molecule has 122 valence electrons. The molecule has 0 bridgehead atoms. The van der Waals surface area contributed by atoms with E-state index in [1.54, 1.807) is 0 Å². The summed E-state index contributed by atoms with van der Waals surface area (Å²) in [5, 5.41) is 3.31. The Bertz CT molecular complexity index is 406. The van der Waals surface area contributed by atoms with Gasteiger partial charge in [-0.15, -0.1) is 24.8 Å². The van der Waals surface area contributed by atoms with Crippen LogP contribution in [0.1, 0.15) is 31.9 Å². The molecule has 1 aromatic rings. The van der Waals surface area contributed by atoms with E-state index in [0.717, 1.165) is 44.2 Å². The van der Waals surface area contributed by atoms with E-state index < -0.39 is 11.6 Å². The zero-order chi connectivity index (χ0) is 13.8. The molecule has 2 rings (SSSR count). The molecule has 2 nitrogen and oxygen atoms in total. The average molecular weight is 341 g/mol. The second kappa shape index (κ2) is 9.57. The molecule has 2 atom stereocenters. The van der Waals surface area contributed by atoms with Gasteiger partial charge >= 0.3 is 0 Å². The van der Waals surface area contributed by atoms with Crippen molar-refractivity contribution >= 4 is 24.8 Å². The number of nitrogens with one attached hydrogen (secondary N) is 1. The number of halogens is 4. The van der Waals surface area contributed by atoms with E-state index >= 15 is 0 Å². The van der Waals surface area contributed by atoms with Crippen molar-refractivity contribution in [3.63, 3.8) is 0 Å². The molecule has 0 aliphatic carbocycles. The Morgan fingerprint density at radius 2 is 1.62 bits per heavy atom. The Morgan fingerprint density at radius 1 is 1.10 bits per heavy atom. The average Bonchev–Trinajstić information content (AvgIpc) is 2.39. The van der Waals surface area contributed by atoms with Crippen LogP contribution >= 0.6 is 24.8 Å². The van der Waals surface area contributed by atoms with Crippen LogP contribution in [0.15, 0.2) is 18.2 Å². The minimum atomic E-state index is -0.488. The van der Waals surface area contributed by atoms with Crippen LogP contribution in [0.2, 0.25) is 0 Å². The van der Waals surface area contributed by atoms with E-state index in [-0.39, 0.29) is 30.9 Å². The van der Waals surface area contributed by atoms with Crippen molar-refractivity contribution in [2.45, 2.75) is 26.3 Å². The maximum Gasteiger partial charge on any atom is 0.126 e. The fraction of sp³-hybridized carbons (Fsp3) is 0.600. The summed E-state index contributed by atoms with van der Waals surface area (Å²) in [6.07, 6.45) is 0.993. The van der Waals surface area contributed by atoms with Gasteiger partial charge in [0.15, 0.2) is 0 Å². The van der Waals surface area contributed by atoms with E-state index in [1.165, 1.54) is 12.1 Å². The lowest BCUT2D eigenvalue weighted by molar-refractivity contribution is 0.128. The maximum absolute atomic E-state index is 13.5. The molecular weight excluding hydrogens is 317 g/mol. The molecule has 1 saturated heterocycles. The van der Waals surface area contributed by atoms with Crippen molar-refractivity contribution in [2.75, 3.05) is 26.2 Å². The first-order valence-electron chi connectivity index (χ1n) is 7.02. The second-order valence-electron chi connectivity index (χ2n) is 5.32. The van der Waals surface area contributed by atoms with Crippen molar-refractivity contribution in [3.05, 3.63) is 35.4 Å². The van der Waals surface area contributed by atoms with Gasteiger partial charge in [0.05, 0.1) is 0 Å². The second-order valence-corrected chi connectivity index (χ2v) is 5.32. The van der Waals surface area contributed by atoms with Crippen molar-refractivity contribution < 1.29 is 8.78 Å². The zero-order valence-electron chi connectivity index (χ0n) is 12.4. The summed E-state index contributed by atoms with van der Waals surface area (Å²) < 4.78 is 26.9. The predicted molar refractivity (Wildman–Crippen MR) is 87.5 cm³/mol. The zero-order valence-corrected chi connectivity index (χ0v) is 14.1. The lowest BCUT2D eigenvalue weighted by Gasteiger charge is -2.38. The molecule has 1 aliphatic rings. The van der Waals surface area contributed by atoms with Gasteiger partial charge in [0, 0.05) is 38.3 Å². The van der Waals surface area contributed by atoms with E-state index in [4.69, 9.17) is 0 Å². The van der Waals surface area contributed by atoms with Crippen LogP contribution < -0.4 is 5.32 Å². The van der Waals surface area contributed by atoms with Gasteiger partial charge in [0.2, 0.25) is 0 Å². The van der Waals surface area contributed by atoms with Gasteiger partial charge in [-0.25, -0.2) is 8.78 Å². The standard InChI is InChI=1S/C15H22F2N2.2ClH/c1-3-11(2)15(19-6-4-18-5-7-19)12-8-13(16)10-14(17)9-12;;/h8-11,15,18H,3-7H2,1-2H3;2*1H/t11?,15-;;/m0../s1. The number of piperazine rings is 1. The predicted octanol–water partition coefficient (Wildman–Crippen LogP) is 3.80. The minimum Gasteiger partial charge on any atom is -0.314 e. The van der Waals surface area contributed by atoms with E-state index in [1.807, 2.05) is 0 Å². The molecular formula is C15H24Cl2F2N2. The number of hydrogen-bond acceptors (Lipinski definition) is 2. The van der Waals surface area contributed by atoms with E-state index in [2.05, 4.69) is 24.1 Å². The highest BCUT2D eigenvalue weighted by Gasteiger charge is 2.27. The summed E-state index contributed by atoms with van der Waals surface area (Å²) in [6.45, 7) is 7.99. The molecule has 0 spiro atoms. The fourth-order valence-electron chi connectivity index (χ4n) is 2.83. The first-order valence-corrected chi connectivity index (χ1v) is 7.02. The molecule has 21 heavy (non-hydrogen) atoms. The third-order valence-electron chi connectivity index (χ3n) is 3.95. The van der Waals surface area contributed by atoms with Gasteiger partial charge in [-0.2, -0.15) is 0 Å². The Labute approximate surface area is 138 Å². The Kier molecular flexibility index (Phi) is 9.38. The van der Waals surface area contributed by atoms with Crippen LogP contribution in [0.5, 0.6) is 0 Å². The highest BCUT2D eigenvalue weighted by Crippen LogP contribution is 2.31. The van der Waals surface area contributed by atoms with Crippen molar-refractivity contribution in [2.24, 2.45) is 5.92 Å². The topological polar surface area (TPSA) is 15.3 Å². The normalized spacial score (nSPS) is 18.3.